The smallest absolute Gasteiger partial charge is 0.246 e. The van der Waals surface area contributed by atoms with Crippen LogP contribution < -0.4 is 16.0 Å². The van der Waals surface area contributed by atoms with Crippen molar-refractivity contribution in [1.29, 1.82) is 0 Å². The first-order valence-corrected chi connectivity index (χ1v) is 14.6. The van der Waals surface area contributed by atoms with Crippen molar-refractivity contribution in [3.05, 3.63) is 47.4 Å². The summed E-state index contributed by atoms with van der Waals surface area (Å²) >= 11 is 0. The molecule has 0 spiro atoms. The normalized spacial score (nSPS) is 15.8. The van der Waals surface area contributed by atoms with Gasteiger partial charge < -0.3 is 25.8 Å². The molecule has 4 heterocycles. The number of nitrogens with one attached hydrogen (secondary N) is 3. The SMILES string of the molecule is CCCNc1nc(Nc2cnc3c(c2)C(C)=NC3)ncc1C#CCCCNC(=O)[C@@H]1CCCN1C(=O)/C=C/CN(C)C. The van der Waals surface area contributed by atoms with Crippen LogP contribution in [0.2, 0.25) is 0 Å². The summed E-state index contributed by atoms with van der Waals surface area (Å²) in [6.45, 7) is 7.26. The van der Waals surface area contributed by atoms with Crippen molar-refractivity contribution in [3.8, 4) is 11.8 Å². The van der Waals surface area contributed by atoms with E-state index in [0.29, 0.717) is 57.2 Å². The van der Waals surface area contributed by atoms with Crippen LogP contribution in [0.15, 0.2) is 35.6 Å². The van der Waals surface area contributed by atoms with E-state index in [2.05, 4.69) is 54.7 Å². The second-order valence-electron chi connectivity index (χ2n) is 10.7. The second kappa shape index (κ2) is 15.1. The summed E-state index contributed by atoms with van der Waals surface area (Å²) in [5.41, 5.74) is 4.53. The largest absolute Gasteiger partial charge is 0.369 e. The molecule has 0 aliphatic carbocycles. The van der Waals surface area contributed by atoms with Gasteiger partial charge in [0.15, 0.2) is 0 Å². The van der Waals surface area contributed by atoms with Gasteiger partial charge in [-0.2, -0.15) is 4.98 Å². The molecule has 1 fully saturated rings. The molecule has 0 unspecified atom stereocenters. The van der Waals surface area contributed by atoms with Crippen LogP contribution >= 0.6 is 0 Å². The Morgan fingerprint density at radius 1 is 1.21 bits per heavy atom. The van der Waals surface area contributed by atoms with Gasteiger partial charge in [0.05, 0.1) is 35.9 Å². The molecular weight excluding hydrogens is 530 g/mol. The lowest BCUT2D eigenvalue weighted by atomic mass is 10.1. The molecule has 0 saturated carbocycles. The number of fused-ring (bicyclic) bond motifs is 1. The van der Waals surface area contributed by atoms with Crippen LogP contribution in [0.1, 0.15) is 62.8 Å². The third-order valence-corrected chi connectivity index (χ3v) is 6.98. The lowest BCUT2D eigenvalue weighted by Gasteiger charge is -2.22. The number of rotatable bonds is 12. The molecule has 0 radical (unpaired) electrons. The number of aromatic nitrogens is 3. The average molecular weight is 572 g/mol. The van der Waals surface area contributed by atoms with E-state index in [0.717, 1.165) is 47.6 Å². The number of pyridine rings is 1. The van der Waals surface area contributed by atoms with Crippen molar-refractivity contribution in [3.63, 3.8) is 0 Å². The standard InChI is InChI=1S/C31H41N9O2/c1-5-14-32-29-23(19-36-31(38-29)37-24-18-25-22(2)34-21-26(25)35-20-24)11-7-6-8-15-33-30(42)27-12-9-17-40(27)28(41)13-10-16-39(3)4/h10,13,18-20,27H,5-6,8-9,12,14-17,21H2,1-4H3,(H,33,42)(H2,32,36,37,38)/b13-10+/t27-/m0/s1. The molecule has 222 valence electrons. The minimum atomic E-state index is -0.409. The molecule has 11 nitrogen and oxygen atoms in total. The lowest BCUT2D eigenvalue weighted by Crippen LogP contribution is -2.45. The molecule has 0 bridgehead atoms. The molecule has 3 N–H and O–H groups in total. The molecule has 1 atom stereocenters. The fraction of sp³-hybridized carbons (Fsp3) is 0.484. The number of amides is 2. The van der Waals surface area contributed by atoms with Crippen LogP contribution in [0.3, 0.4) is 0 Å². The Labute approximate surface area is 248 Å². The van der Waals surface area contributed by atoms with Crippen LogP contribution in [0.5, 0.6) is 0 Å². The minimum Gasteiger partial charge on any atom is -0.369 e. The van der Waals surface area contributed by atoms with Crippen molar-refractivity contribution in [2.24, 2.45) is 4.99 Å². The summed E-state index contributed by atoms with van der Waals surface area (Å²) in [4.78, 5) is 47.0. The van der Waals surface area contributed by atoms with Gasteiger partial charge in [-0.1, -0.05) is 24.8 Å². The van der Waals surface area contributed by atoms with E-state index < -0.39 is 6.04 Å². The average Bonchev–Trinajstić information content (AvgIpc) is 3.61. The third kappa shape index (κ3) is 8.36. The van der Waals surface area contributed by atoms with Gasteiger partial charge in [-0.05, 0) is 52.8 Å². The highest BCUT2D eigenvalue weighted by atomic mass is 16.2. The highest BCUT2D eigenvalue weighted by Crippen LogP contribution is 2.23. The van der Waals surface area contributed by atoms with Gasteiger partial charge in [0, 0.05) is 50.0 Å². The highest BCUT2D eigenvalue weighted by molar-refractivity contribution is 6.02. The monoisotopic (exact) mass is 571 g/mol. The number of likely N-dealkylation sites (N-methyl/N-ethyl adjacent to an activating group) is 1. The Hall–Kier alpha value is -4.30. The van der Waals surface area contributed by atoms with Crippen LogP contribution in [0, 0.1) is 11.8 Å². The van der Waals surface area contributed by atoms with Crippen molar-refractivity contribution in [1.82, 2.24) is 30.1 Å². The first-order valence-electron chi connectivity index (χ1n) is 14.6. The van der Waals surface area contributed by atoms with Crippen molar-refractivity contribution < 1.29 is 9.59 Å². The fourth-order valence-electron chi connectivity index (χ4n) is 4.75. The Balaban J connectivity index is 1.28. The van der Waals surface area contributed by atoms with Crippen molar-refractivity contribution in [2.75, 3.05) is 50.9 Å². The molecule has 4 rings (SSSR count). The van der Waals surface area contributed by atoms with E-state index in [1.807, 2.05) is 38.1 Å². The Morgan fingerprint density at radius 3 is 2.88 bits per heavy atom. The first-order chi connectivity index (χ1) is 20.4. The maximum Gasteiger partial charge on any atom is 0.246 e. The van der Waals surface area contributed by atoms with Gasteiger partial charge in [-0.15, -0.1) is 0 Å². The van der Waals surface area contributed by atoms with Gasteiger partial charge in [-0.3, -0.25) is 19.6 Å². The second-order valence-corrected chi connectivity index (χ2v) is 10.7. The molecule has 2 aliphatic heterocycles. The number of nitrogens with zero attached hydrogens (tertiary/aromatic N) is 6. The molecule has 2 aliphatic rings. The van der Waals surface area contributed by atoms with Gasteiger partial charge in [-0.25, -0.2) is 4.98 Å². The topological polar surface area (TPSA) is 128 Å². The molecular formula is C31H41N9O2. The van der Waals surface area contributed by atoms with Gasteiger partial charge >= 0.3 is 0 Å². The number of unbranched alkanes of at least 4 members (excludes halogenated alkanes) is 1. The Morgan fingerprint density at radius 2 is 2.07 bits per heavy atom. The summed E-state index contributed by atoms with van der Waals surface area (Å²) in [5, 5.41) is 9.56. The van der Waals surface area contributed by atoms with Gasteiger partial charge in [0.25, 0.3) is 0 Å². The zero-order valence-electron chi connectivity index (χ0n) is 25.0. The van der Waals surface area contributed by atoms with Crippen LogP contribution in [-0.4, -0.2) is 88.6 Å². The van der Waals surface area contributed by atoms with E-state index in [1.165, 1.54) is 0 Å². The molecule has 42 heavy (non-hydrogen) atoms. The van der Waals surface area contributed by atoms with Gasteiger partial charge in [0.1, 0.15) is 11.9 Å². The zero-order chi connectivity index (χ0) is 29.9. The lowest BCUT2D eigenvalue weighted by molar-refractivity contribution is -0.135. The van der Waals surface area contributed by atoms with Crippen LogP contribution in [0.4, 0.5) is 17.5 Å². The molecule has 2 aromatic rings. The number of carbonyl (C=O) groups is 2. The predicted molar refractivity (Wildman–Crippen MR) is 166 cm³/mol. The number of hydrogen-bond acceptors (Lipinski definition) is 9. The van der Waals surface area contributed by atoms with Crippen molar-refractivity contribution >= 4 is 35.0 Å². The van der Waals surface area contributed by atoms with E-state index >= 15 is 0 Å². The molecule has 1 saturated heterocycles. The molecule has 2 aromatic heterocycles. The maximum absolute atomic E-state index is 12.8. The number of likely N-dealkylation sites (tertiary alicyclic amines) is 1. The molecule has 2 amide bonds. The maximum atomic E-state index is 12.8. The van der Waals surface area contributed by atoms with Crippen LogP contribution in [-0.2, 0) is 16.1 Å². The summed E-state index contributed by atoms with van der Waals surface area (Å²) in [7, 11) is 3.89. The van der Waals surface area contributed by atoms with E-state index in [9.17, 15) is 9.59 Å². The fourth-order valence-corrected chi connectivity index (χ4v) is 4.75. The van der Waals surface area contributed by atoms with E-state index in [-0.39, 0.29) is 11.8 Å². The number of carbonyl (C=O) groups excluding carboxylic acids is 2. The summed E-state index contributed by atoms with van der Waals surface area (Å²) in [5.74, 6) is 7.29. The molecule has 11 heteroatoms. The molecule has 0 aromatic carbocycles. The summed E-state index contributed by atoms with van der Waals surface area (Å²) < 4.78 is 0. The quantitative estimate of drug-likeness (QED) is 0.202. The van der Waals surface area contributed by atoms with E-state index in [4.69, 9.17) is 0 Å². The number of aliphatic imine (C=N–C) groups is 1. The number of hydrogen-bond donors (Lipinski definition) is 3. The Bertz CT molecular complexity index is 1390. The van der Waals surface area contributed by atoms with Gasteiger partial charge in [0.2, 0.25) is 17.8 Å². The third-order valence-electron chi connectivity index (χ3n) is 6.98. The van der Waals surface area contributed by atoms with Crippen molar-refractivity contribution in [2.45, 2.75) is 58.5 Å². The first kappa shape index (κ1) is 30.7. The van der Waals surface area contributed by atoms with Crippen LogP contribution in [0.25, 0.3) is 0 Å². The highest BCUT2D eigenvalue weighted by Gasteiger charge is 2.32. The Kier molecular flexibility index (Phi) is 11.0. The zero-order valence-corrected chi connectivity index (χ0v) is 25.0. The number of anilines is 3. The summed E-state index contributed by atoms with van der Waals surface area (Å²) in [6.07, 6.45) is 10.7. The predicted octanol–water partition coefficient (Wildman–Crippen LogP) is 3.12. The minimum absolute atomic E-state index is 0.0987. The van der Waals surface area contributed by atoms with E-state index in [1.54, 1.807) is 23.4 Å². The summed E-state index contributed by atoms with van der Waals surface area (Å²) in [6, 6.07) is 1.61.